The van der Waals surface area contributed by atoms with Gasteiger partial charge in [0, 0.05) is 11.6 Å². The normalized spacial score (nSPS) is 15.5. The zero-order valence-electron chi connectivity index (χ0n) is 7.70. The topological polar surface area (TPSA) is 83.0 Å². The number of aromatic nitrogens is 2. The molecule has 1 fully saturated rings. The van der Waals surface area contributed by atoms with Gasteiger partial charge in [0.05, 0.1) is 0 Å². The molecule has 5 nitrogen and oxygen atoms in total. The first kappa shape index (κ1) is 8.93. The number of nitrogens with one attached hydrogen (secondary N) is 1. The van der Waals surface area contributed by atoms with Crippen LogP contribution in [0.2, 0.25) is 0 Å². The Morgan fingerprint density at radius 1 is 1.57 bits per heavy atom. The van der Waals surface area contributed by atoms with Crippen LogP contribution in [0.25, 0.3) is 0 Å². The molecule has 1 aliphatic rings. The second-order valence-electron chi connectivity index (χ2n) is 3.52. The Balaban J connectivity index is 2.62. The summed E-state index contributed by atoms with van der Waals surface area (Å²) in [7, 11) is 0. The molecule has 0 unspecified atom stereocenters. The van der Waals surface area contributed by atoms with Crippen molar-refractivity contribution < 1.29 is 9.90 Å². The van der Waals surface area contributed by atoms with Gasteiger partial charge in [-0.25, -0.2) is 4.79 Å². The number of H-pyrrole nitrogens is 1. The first-order chi connectivity index (χ1) is 6.61. The zero-order chi connectivity index (χ0) is 10.3. The first-order valence-electron chi connectivity index (χ1n) is 4.43. The monoisotopic (exact) mass is 194 g/mol. The summed E-state index contributed by atoms with van der Waals surface area (Å²) < 4.78 is 0. The van der Waals surface area contributed by atoms with Crippen LogP contribution in [0.1, 0.15) is 40.5 Å². The van der Waals surface area contributed by atoms with Gasteiger partial charge in [0.25, 0.3) is 0 Å². The molecule has 0 atom stereocenters. The maximum absolute atomic E-state index is 11.6. The number of nitrogens with zero attached hydrogens (tertiary/aromatic N) is 1. The van der Waals surface area contributed by atoms with Crippen LogP contribution in [0.5, 0.6) is 0 Å². The van der Waals surface area contributed by atoms with E-state index >= 15 is 0 Å². The lowest BCUT2D eigenvalue weighted by Gasteiger charge is -2.01. The van der Waals surface area contributed by atoms with Crippen molar-refractivity contribution in [2.45, 2.75) is 25.7 Å². The summed E-state index contributed by atoms with van der Waals surface area (Å²) in [6, 6.07) is 0. The van der Waals surface area contributed by atoms with E-state index in [1.165, 1.54) is 6.92 Å². The SMILES string of the molecule is Cc1[nH]nc(C2CC2)c(=O)c1C(=O)O. The zero-order valence-corrected chi connectivity index (χ0v) is 7.70. The van der Waals surface area contributed by atoms with Crippen molar-refractivity contribution in [2.24, 2.45) is 0 Å². The second kappa shape index (κ2) is 2.94. The van der Waals surface area contributed by atoms with Gasteiger partial charge in [-0.3, -0.25) is 9.89 Å². The number of aromatic amines is 1. The van der Waals surface area contributed by atoms with Gasteiger partial charge in [-0.1, -0.05) is 0 Å². The summed E-state index contributed by atoms with van der Waals surface area (Å²) in [6.45, 7) is 1.54. The minimum Gasteiger partial charge on any atom is -0.477 e. The number of carboxylic acid groups (broad SMARTS) is 1. The quantitative estimate of drug-likeness (QED) is 0.724. The molecule has 0 radical (unpaired) electrons. The Hall–Kier alpha value is -1.65. The Labute approximate surface area is 79.8 Å². The number of rotatable bonds is 2. The van der Waals surface area contributed by atoms with Crippen LogP contribution < -0.4 is 5.43 Å². The third-order valence-corrected chi connectivity index (χ3v) is 2.36. The molecule has 0 saturated heterocycles. The standard InChI is InChI=1S/C9H10N2O3/c1-4-6(9(13)14)8(12)7(11-10-4)5-2-3-5/h5H,2-3H2,1H3,(H,10,12)(H,13,14). The number of carbonyl (C=O) groups is 1. The van der Waals surface area contributed by atoms with E-state index in [0.717, 1.165) is 12.8 Å². The molecule has 1 aromatic heterocycles. The van der Waals surface area contributed by atoms with E-state index in [2.05, 4.69) is 10.2 Å². The number of aryl methyl sites for hydroxylation is 1. The van der Waals surface area contributed by atoms with Gasteiger partial charge in [0.1, 0.15) is 11.3 Å². The van der Waals surface area contributed by atoms with E-state index in [-0.39, 0.29) is 11.5 Å². The number of aromatic carboxylic acids is 1. The average Bonchev–Trinajstić information content (AvgIpc) is 2.86. The minimum atomic E-state index is -1.19. The summed E-state index contributed by atoms with van der Waals surface area (Å²) >= 11 is 0. The fourth-order valence-electron chi connectivity index (χ4n) is 1.44. The van der Waals surface area contributed by atoms with Gasteiger partial charge in [-0.2, -0.15) is 5.10 Å². The minimum absolute atomic E-state index is 0.164. The lowest BCUT2D eigenvalue weighted by Crippen LogP contribution is -2.23. The average molecular weight is 194 g/mol. The van der Waals surface area contributed by atoms with Crippen LogP contribution in [0.3, 0.4) is 0 Å². The highest BCUT2D eigenvalue weighted by molar-refractivity contribution is 5.88. The summed E-state index contributed by atoms with van der Waals surface area (Å²) in [5.74, 6) is -1.02. The smallest absolute Gasteiger partial charge is 0.341 e. The van der Waals surface area contributed by atoms with E-state index in [9.17, 15) is 9.59 Å². The largest absolute Gasteiger partial charge is 0.477 e. The molecule has 0 amide bonds. The van der Waals surface area contributed by atoms with Crippen LogP contribution in [0, 0.1) is 6.92 Å². The molecule has 0 spiro atoms. The molecule has 74 valence electrons. The Morgan fingerprint density at radius 2 is 2.21 bits per heavy atom. The molecule has 0 bridgehead atoms. The molecule has 1 aromatic rings. The maximum atomic E-state index is 11.6. The van der Waals surface area contributed by atoms with Gasteiger partial charge < -0.3 is 5.11 Å². The fraction of sp³-hybridized carbons (Fsp3) is 0.444. The van der Waals surface area contributed by atoms with Gasteiger partial charge in [-0.05, 0) is 19.8 Å². The molecule has 14 heavy (non-hydrogen) atoms. The molecule has 0 aliphatic heterocycles. The number of carboxylic acids is 1. The van der Waals surface area contributed by atoms with E-state index in [0.29, 0.717) is 11.4 Å². The Morgan fingerprint density at radius 3 is 2.71 bits per heavy atom. The van der Waals surface area contributed by atoms with Crippen LogP contribution >= 0.6 is 0 Å². The van der Waals surface area contributed by atoms with Gasteiger partial charge >= 0.3 is 5.97 Å². The number of hydrogen-bond donors (Lipinski definition) is 2. The highest BCUT2D eigenvalue weighted by Crippen LogP contribution is 2.37. The molecule has 1 saturated carbocycles. The highest BCUT2D eigenvalue weighted by atomic mass is 16.4. The summed E-state index contributed by atoms with van der Waals surface area (Å²) in [4.78, 5) is 22.4. The first-order valence-corrected chi connectivity index (χ1v) is 4.43. The number of hydrogen-bond acceptors (Lipinski definition) is 3. The predicted molar refractivity (Wildman–Crippen MR) is 48.5 cm³/mol. The third-order valence-electron chi connectivity index (χ3n) is 2.36. The highest BCUT2D eigenvalue weighted by Gasteiger charge is 2.30. The fourth-order valence-corrected chi connectivity index (χ4v) is 1.44. The van der Waals surface area contributed by atoms with Crippen LogP contribution in [-0.2, 0) is 0 Å². The molecule has 0 aromatic carbocycles. The van der Waals surface area contributed by atoms with Crippen molar-refractivity contribution in [1.29, 1.82) is 0 Å². The summed E-state index contributed by atoms with van der Waals surface area (Å²) in [5, 5.41) is 15.3. The summed E-state index contributed by atoms with van der Waals surface area (Å²) in [6.07, 6.45) is 1.86. The van der Waals surface area contributed by atoms with Gasteiger partial charge in [0.2, 0.25) is 5.43 Å². The van der Waals surface area contributed by atoms with Crippen molar-refractivity contribution in [3.05, 3.63) is 27.2 Å². The van der Waals surface area contributed by atoms with Gasteiger partial charge in [-0.15, -0.1) is 0 Å². The van der Waals surface area contributed by atoms with E-state index < -0.39 is 11.4 Å². The van der Waals surface area contributed by atoms with E-state index in [1.807, 2.05) is 0 Å². The van der Waals surface area contributed by atoms with Crippen LogP contribution in [-0.4, -0.2) is 21.3 Å². The molecular weight excluding hydrogens is 184 g/mol. The Kier molecular flexibility index (Phi) is 1.87. The van der Waals surface area contributed by atoms with Crippen molar-refractivity contribution in [1.82, 2.24) is 10.2 Å². The van der Waals surface area contributed by atoms with Crippen LogP contribution in [0.15, 0.2) is 4.79 Å². The van der Waals surface area contributed by atoms with Crippen LogP contribution in [0.4, 0.5) is 0 Å². The third kappa shape index (κ3) is 1.30. The molecule has 2 N–H and O–H groups in total. The Bertz CT molecular complexity index is 446. The predicted octanol–water partition coefficient (Wildman–Crippen LogP) is 0.654. The van der Waals surface area contributed by atoms with E-state index in [4.69, 9.17) is 5.11 Å². The van der Waals surface area contributed by atoms with E-state index in [1.54, 1.807) is 0 Å². The van der Waals surface area contributed by atoms with Crippen molar-refractivity contribution in [3.63, 3.8) is 0 Å². The second-order valence-corrected chi connectivity index (χ2v) is 3.52. The maximum Gasteiger partial charge on any atom is 0.341 e. The van der Waals surface area contributed by atoms with Crippen molar-refractivity contribution in [2.75, 3.05) is 0 Å². The van der Waals surface area contributed by atoms with Crippen molar-refractivity contribution in [3.8, 4) is 0 Å². The summed E-state index contributed by atoms with van der Waals surface area (Å²) in [5.41, 5.74) is 0.0676. The molecule has 1 aliphatic carbocycles. The lowest BCUT2D eigenvalue weighted by atomic mass is 10.1. The van der Waals surface area contributed by atoms with Crippen molar-refractivity contribution >= 4 is 5.97 Å². The molecule has 2 rings (SSSR count). The van der Waals surface area contributed by atoms with Gasteiger partial charge in [0.15, 0.2) is 0 Å². The molecule has 5 heteroatoms. The molecule has 1 heterocycles. The lowest BCUT2D eigenvalue weighted by molar-refractivity contribution is 0.0693. The molecular formula is C9H10N2O3.